The lowest BCUT2D eigenvalue weighted by molar-refractivity contribution is -0.122. The minimum atomic E-state index is -1.04. The van der Waals surface area contributed by atoms with Crippen LogP contribution in [-0.2, 0) is 9.53 Å². The van der Waals surface area contributed by atoms with Gasteiger partial charge in [-0.15, -0.1) is 0 Å². The number of amides is 1. The molecule has 0 saturated carbocycles. The first kappa shape index (κ1) is 13.5. The van der Waals surface area contributed by atoms with E-state index in [2.05, 4.69) is 5.32 Å². The van der Waals surface area contributed by atoms with E-state index in [1.165, 1.54) is 6.07 Å². The summed E-state index contributed by atoms with van der Waals surface area (Å²) in [7, 11) is 0. The number of hydrogen-bond donors (Lipinski definition) is 2. The fourth-order valence-electron chi connectivity index (χ4n) is 2.20. The Bertz CT molecular complexity index is 492. The van der Waals surface area contributed by atoms with Crippen LogP contribution in [0.2, 0.25) is 0 Å². The Morgan fingerprint density at radius 2 is 2.00 bits per heavy atom. The van der Waals surface area contributed by atoms with E-state index in [4.69, 9.17) is 9.84 Å². The van der Waals surface area contributed by atoms with Gasteiger partial charge in [-0.1, -0.05) is 12.1 Å². The summed E-state index contributed by atoms with van der Waals surface area (Å²) in [5.74, 6) is -1.26. The molecule has 0 aromatic heterocycles. The molecule has 0 radical (unpaired) electrons. The Morgan fingerprint density at radius 3 is 2.63 bits per heavy atom. The molecule has 2 rings (SSSR count). The second-order valence-electron chi connectivity index (χ2n) is 4.68. The Balaban J connectivity index is 2.18. The second-order valence-corrected chi connectivity index (χ2v) is 4.68. The Hall–Kier alpha value is -1.88. The third-order valence-electron chi connectivity index (χ3n) is 3.34. The maximum Gasteiger partial charge on any atom is 0.337 e. The molecular formula is C14H17NO4. The van der Waals surface area contributed by atoms with Gasteiger partial charge in [0.25, 0.3) is 0 Å². The van der Waals surface area contributed by atoms with Crippen molar-refractivity contribution in [3.63, 3.8) is 0 Å². The first-order valence-corrected chi connectivity index (χ1v) is 6.31. The number of ether oxygens (including phenoxy) is 1. The summed E-state index contributed by atoms with van der Waals surface area (Å²) in [5, 5.41) is 11.9. The molecule has 1 aromatic rings. The predicted molar refractivity (Wildman–Crippen MR) is 70.3 cm³/mol. The highest BCUT2D eigenvalue weighted by Crippen LogP contribution is 2.23. The molecule has 0 unspecified atom stereocenters. The van der Waals surface area contributed by atoms with Crippen LogP contribution >= 0.6 is 0 Å². The number of carboxylic acids is 1. The predicted octanol–water partition coefficient (Wildman–Crippen LogP) is 2.06. The average molecular weight is 263 g/mol. The summed E-state index contributed by atoms with van der Waals surface area (Å²) < 4.78 is 5.21. The van der Waals surface area contributed by atoms with Crippen molar-refractivity contribution in [3.05, 3.63) is 29.3 Å². The Kier molecular flexibility index (Phi) is 4.16. The van der Waals surface area contributed by atoms with Crippen molar-refractivity contribution < 1.29 is 19.4 Å². The smallest absolute Gasteiger partial charge is 0.337 e. The molecule has 0 bridgehead atoms. The van der Waals surface area contributed by atoms with Gasteiger partial charge < -0.3 is 15.2 Å². The average Bonchev–Trinajstić information content (AvgIpc) is 2.41. The Morgan fingerprint density at radius 1 is 1.32 bits per heavy atom. The highest BCUT2D eigenvalue weighted by molar-refractivity contribution is 6.02. The van der Waals surface area contributed by atoms with Crippen LogP contribution in [0.4, 0.5) is 5.69 Å². The third kappa shape index (κ3) is 3.12. The maximum absolute atomic E-state index is 12.1. The quantitative estimate of drug-likeness (QED) is 0.875. The molecule has 1 fully saturated rings. The van der Waals surface area contributed by atoms with Gasteiger partial charge in [-0.3, -0.25) is 4.79 Å². The Labute approximate surface area is 111 Å². The molecule has 0 atom stereocenters. The van der Waals surface area contributed by atoms with Crippen molar-refractivity contribution >= 4 is 17.6 Å². The molecule has 1 aromatic carbocycles. The van der Waals surface area contributed by atoms with Crippen LogP contribution in [0.1, 0.15) is 28.8 Å². The summed E-state index contributed by atoms with van der Waals surface area (Å²) in [5.41, 5.74) is 1.27. The lowest BCUT2D eigenvalue weighted by atomic mass is 9.98. The van der Waals surface area contributed by atoms with Crippen LogP contribution in [0.5, 0.6) is 0 Å². The minimum Gasteiger partial charge on any atom is -0.478 e. The van der Waals surface area contributed by atoms with Crippen LogP contribution in [-0.4, -0.2) is 30.2 Å². The number of carboxylic acid groups (broad SMARTS) is 1. The molecule has 1 aliphatic heterocycles. The molecule has 1 aliphatic rings. The summed E-state index contributed by atoms with van der Waals surface area (Å²) in [4.78, 5) is 23.3. The van der Waals surface area contributed by atoms with E-state index in [1.807, 2.05) is 0 Å². The monoisotopic (exact) mass is 263 g/mol. The molecule has 19 heavy (non-hydrogen) atoms. The molecule has 5 heteroatoms. The van der Waals surface area contributed by atoms with Crippen molar-refractivity contribution in [1.82, 2.24) is 0 Å². The molecule has 0 spiro atoms. The van der Waals surface area contributed by atoms with Crippen LogP contribution in [0.15, 0.2) is 18.2 Å². The second kappa shape index (κ2) is 5.84. The maximum atomic E-state index is 12.1. The molecule has 1 amide bonds. The standard InChI is InChI=1S/C14H17NO4/c1-9-3-2-4-11(14(17)18)12(9)15-13(16)10-5-7-19-8-6-10/h2-4,10H,5-8H2,1H3,(H,15,16)(H,17,18). The van der Waals surface area contributed by atoms with Gasteiger partial charge >= 0.3 is 5.97 Å². The molecule has 1 heterocycles. The zero-order valence-corrected chi connectivity index (χ0v) is 10.8. The SMILES string of the molecule is Cc1cccc(C(=O)O)c1NC(=O)C1CCOCC1. The molecule has 0 aliphatic carbocycles. The van der Waals surface area contributed by atoms with Crippen molar-refractivity contribution in [3.8, 4) is 0 Å². The van der Waals surface area contributed by atoms with E-state index in [0.717, 1.165) is 5.56 Å². The third-order valence-corrected chi connectivity index (χ3v) is 3.34. The number of nitrogens with one attached hydrogen (secondary N) is 1. The van der Waals surface area contributed by atoms with E-state index in [0.29, 0.717) is 31.7 Å². The van der Waals surface area contributed by atoms with Gasteiger partial charge in [0.05, 0.1) is 11.3 Å². The van der Waals surface area contributed by atoms with Gasteiger partial charge in [0.15, 0.2) is 0 Å². The van der Waals surface area contributed by atoms with Crippen molar-refractivity contribution in [2.45, 2.75) is 19.8 Å². The van der Waals surface area contributed by atoms with Gasteiger partial charge in [-0.2, -0.15) is 0 Å². The first-order valence-electron chi connectivity index (χ1n) is 6.31. The number of anilines is 1. The topological polar surface area (TPSA) is 75.6 Å². The lowest BCUT2D eigenvalue weighted by Crippen LogP contribution is -2.29. The summed E-state index contributed by atoms with van der Waals surface area (Å²) >= 11 is 0. The number of aromatic carboxylic acids is 1. The molecule has 2 N–H and O–H groups in total. The zero-order chi connectivity index (χ0) is 13.8. The van der Waals surface area contributed by atoms with Crippen molar-refractivity contribution in [2.75, 3.05) is 18.5 Å². The molecular weight excluding hydrogens is 246 g/mol. The fraction of sp³-hybridized carbons (Fsp3) is 0.429. The van der Waals surface area contributed by atoms with E-state index in [-0.39, 0.29) is 17.4 Å². The van der Waals surface area contributed by atoms with Gasteiger partial charge in [-0.05, 0) is 31.4 Å². The number of aryl methyl sites for hydroxylation is 1. The van der Waals surface area contributed by atoms with E-state index < -0.39 is 5.97 Å². The molecule has 5 nitrogen and oxygen atoms in total. The van der Waals surface area contributed by atoms with Crippen LogP contribution in [0.3, 0.4) is 0 Å². The summed E-state index contributed by atoms with van der Waals surface area (Å²) in [6.45, 7) is 2.95. The van der Waals surface area contributed by atoms with Crippen LogP contribution < -0.4 is 5.32 Å². The summed E-state index contributed by atoms with van der Waals surface area (Å²) in [6.07, 6.45) is 1.36. The highest BCUT2D eigenvalue weighted by atomic mass is 16.5. The number of benzene rings is 1. The van der Waals surface area contributed by atoms with E-state index >= 15 is 0 Å². The number of para-hydroxylation sites is 1. The van der Waals surface area contributed by atoms with Gasteiger partial charge in [0, 0.05) is 19.1 Å². The highest BCUT2D eigenvalue weighted by Gasteiger charge is 2.23. The number of carbonyl (C=O) groups excluding carboxylic acids is 1. The largest absolute Gasteiger partial charge is 0.478 e. The number of rotatable bonds is 3. The van der Waals surface area contributed by atoms with Crippen LogP contribution in [0, 0.1) is 12.8 Å². The first-order chi connectivity index (χ1) is 9.09. The number of carbonyl (C=O) groups is 2. The van der Waals surface area contributed by atoms with E-state index in [9.17, 15) is 9.59 Å². The van der Waals surface area contributed by atoms with Gasteiger partial charge in [-0.25, -0.2) is 4.79 Å². The van der Waals surface area contributed by atoms with Crippen molar-refractivity contribution in [2.24, 2.45) is 5.92 Å². The molecule has 102 valence electrons. The zero-order valence-electron chi connectivity index (χ0n) is 10.8. The normalized spacial score (nSPS) is 16.1. The number of hydrogen-bond acceptors (Lipinski definition) is 3. The van der Waals surface area contributed by atoms with Gasteiger partial charge in [0.2, 0.25) is 5.91 Å². The fourth-order valence-corrected chi connectivity index (χ4v) is 2.20. The van der Waals surface area contributed by atoms with Crippen molar-refractivity contribution in [1.29, 1.82) is 0 Å². The lowest BCUT2D eigenvalue weighted by Gasteiger charge is -2.22. The summed E-state index contributed by atoms with van der Waals surface area (Å²) in [6, 6.07) is 4.95. The minimum absolute atomic E-state index is 0.102. The van der Waals surface area contributed by atoms with Crippen LogP contribution in [0.25, 0.3) is 0 Å². The van der Waals surface area contributed by atoms with Gasteiger partial charge in [0.1, 0.15) is 0 Å². The molecule has 1 saturated heterocycles. The van der Waals surface area contributed by atoms with E-state index in [1.54, 1.807) is 19.1 Å².